The normalized spacial score (nSPS) is 20.6. The zero-order chi connectivity index (χ0) is 14.0. The monoisotopic (exact) mass is 291 g/mol. The molecule has 1 aliphatic carbocycles. The quantitative estimate of drug-likeness (QED) is 0.647. The summed E-state index contributed by atoms with van der Waals surface area (Å²) in [6.07, 6.45) is 3.76. The minimum absolute atomic E-state index is 0.198. The zero-order valence-electron chi connectivity index (χ0n) is 11.6. The van der Waals surface area contributed by atoms with Gasteiger partial charge in [0.25, 0.3) is 0 Å². The van der Waals surface area contributed by atoms with Crippen molar-refractivity contribution in [1.29, 1.82) is 0 Å². The van der Waals surface area contributed by atoms with Gasteiger partial charge in [-0.15, -0.1) is 11.8 Å². The third kappa shape index (κ3) is 3.18. The van der Waals surface area contributed by atoms with Gasteiger partial charge >= 0.3 is 0 Å². The number of hydrogen-bond acceptors (Lipinski definition) is 3. The lowest BCUT2D eigenvalue weighted by Crippen LogP contribution is -2.64. The molecule has 1 saturated heterocycles. The maximum Gasteiger partial charge on any atom is 0.222 e. The first-order valence-electron chi connectivity index (χ1n) is 7.35. The van der Waals surface area contributed by atoms with Gasteiger partial charge in [-0.25, -0.2) is 0 Å². The van der Waals surface area contributed by atoms with Crippen LogP contribution in [0.3, 0.4) is 0 Å². The summed E-state index contributed by atoms with van der Waals surface area (Å²) in [6, 6.07) is 10.3. The van der Waals surface area contributed by atoms with Crippen LogP contribution in [-0.4, -0.2) is 40.4 Å². The predicted molar refractivity (Wildman–Crippen MR) is 80.7 cm³/mol. The van der Waals surface area contributed by atoms with E-state index in [0.717, 1.165) is 25.0 Å². The first kappa shape index (κ1) is 14.0. The number of aliphatic hydroxyl groups is 1. The summed E-state index contributed by atoms with van der Waals surface area (Å²) >= 11 is 1.79. The van der Waals surface area contributed by atoms with Crippen molar-refractivity contribution in [1.82, 2.24) is 4.90 Å². The first-order chi connectivity index (χ1) is 9.67. The summed E-state index contributed by atoms with van der Waals surface area (Å²) in [5.74, 6) is 1.63. The van der Waals surface area contributed by atoms with E-state index in [1.807, 2.05) is 23.1 Å². The minimum atomic E-state index is -0.547. The number of rotatable bonds is 6. The smallest absolute Gasteiger partial charge is 0.222 e. The van der Waals surface area contributed by atoms with Crippen molar-refractivity contribution in [3.05, 3.63) is 30.3 Å². The second-order valence-electron chi connectivity index (χ2n) is 5.89. The Morgan fingerprint density at radius 2 is 2.00 bits per heavy atom. The van der Waals surface area contributed by atoms with Crippen LogP contribution >= 0.6 is 11.8 Å². The second kappa shape index (κ2) is 5.78. The fourth-order valence-electron chi connectivity index (χ4n) is 2.76. The highest BCUT2D eigenvalue weighted by Crippen LogP contribution is 2.44. The molecule has 2 fully saturated rings. The van der Waals surface area contributed by atoms with Gasteiger partial charge in [-0.3, -0.25) is 4.79 Å². The van der Waals surface area contributed by atoms with Crippen molar-refractivity contribution in [3.63, 3.8) is 0 Å². The van der Waals surface area contributed by atoms with Crippen molar-refractivity contribution in [2.24, 2.45) is 5.92 Å². The Bertz CT molecular complexity index is 467. The average molecular weight is 291 g/mol. The molecule has 1 aromatic rings. The number of hydrogen-bond donors (Lipinski definition) is 1. The molecular weight excluding hydrogens is 270 g/mol. The highest BCUT2D eigenvalue weighted by Gasteiger charge is 2.52. The van der Waals surface area contributed by atoms with Crippen molar-refractivity contribution >= 4 is 17.7 Å². The van der Waals surface area contributed by atoms with E-state index in [1.54, 1.807) is 11.8 Å². The second-order valence-corrected chi connectivity index (χ2v) is 7.06. The van der Waals surface area contributed by atoms with Crippen molar-refractivity contribution in [2.75, 3.05) is 18.8 Å². The third-order valence-corrected chi connectivity index (χ3v) is 5.26. The molecule has 1 N–H and O–H groups in total. The van der Waals surface area contributed by atoms with Crippen LogP contribution < -0.4 is 0 Å². The van der Waals surface area contributed by atoms with Crippen LogP contribution in [0.5, 0.6) is 0 Å². The predicted octanol–water partition coefficient (Wildman–Crippen LogP) is 2.54. The van der Waals surface area contributed by atoms with Crippen LogP contribution in [0.2, 0.25) is 0 Å². The molecular formula is C16H21NO2S. The lowest BCUT2D eigenvalue weighted by molar-refractivity contribution is -0.159. The van der Waals surface area contributed by atoms with Gasteiger partial charge in [0.15, 0.2) is 0 Å². The van der Waals surface area contributed by atoms with Crippen molar-refractivity contribution in [2.45, 2.75) is 36.2 Å². The summed E-state index contributed by atoms with van der Waals surface area (Å²) in [4.78, 5) is 15.0. The Kier molecular flexibility index (Phi) is 4.03. The van der Waals surface area contributed by atoms with Gasteiger partial charge < -0.3 is 10.0 Å². The Labute approximate surface area is 124 Å². The molecule has 3 nitrogen and oxygen atoms in total. The Morgan fingerprint density at radius 1 is 1.30 bits per heavy atom. The summed E-state index contributed by atoms with van der Waals surface area (Å²) in [7, 11) is 0. The fourth-order valence-corrected chi connectivity index (χ4v) is 3.63. The Balaban J connectivity index is 1.32. The molecule has 3 rings (SSSR count). The molecule has 1 aromatic carbocycles. The van der Waals surface area contributed by atoms with Crippen LogP contribution in [-0.2, 0) is 4.79 Å². The van der Waals surface area contributed by atoms with E-state index >= 15 is 0 Å². The Hall–Kier alpha value is -1.00. The molecule has 20 heavy (non-hydrogen) atoms. The largest absolute Gasteiger partial charge is 0.386 e. The average Bonchev–Trinajstić information content (AvgIpc) is 3.26. The van der Waals surface area contributed by atoms with E-state index in [1.165, 1.54) is 4.90 Å². The van der Waals surface area contributed by atoms with Gasteiger partial charge in [0.1, 0.15) is 5.60 Å². The zero-order valence-corrected chi connectivity index (χ0v) is 12.4. The molecule has 0 atom stereocenters. The standard InChI is InChI=1S/C16H21NO2S/c18-15(17-11-16(19,12-17)13-8-9-13)7-4-10-20-14-5-2-1-3-6-14/h1-3,5-6,13,19H,4,7-12H2. The van der Waals surface area contributed by atoms with Crippen LogP contribution in [0.4, 0.5) is 0 Å². The molecule has 1 amide bonds. The molecule has 4 heteroatoms. The lowest BCUT2D eigenvalue weighted by atomic mass is 9.88. The molecule has 1 heterocycles. The van der Waals surface area contributed by atoms with Gasteiger partial charge in [0.05, 0.1) is 13.1 Å². The molecule has 0 bridgehead atoms. The number of likely N-dealkylation sites (tertiary alicyclic amines) is 1. The number of carbonyl (C=O) groups excluding carboxylic acids is 1. The van der Waals surface area contributed by atoms with Gasteiger partial charge in [-0.1, -0.05) is 18.2 Å². The summed E-state index contributed by atoms with van der Waals surface area (Å²) in [5, 5.41) is 10.2. The first-order valence-corrected chi connectivity index (χ1v) is 8.34. The van der Waals surface area contributed by atoms with Crippen molar-refractivity contribution < 1.29 is 9.90 Å². The maximum absolute atomic E-state index is 12.0. The number of amides is 1. The number of β-amino-alcohol motifs (C(OH)–C–C–N with tert-alkyl or cyclic N) is 1. The molecule has 0 radical (unpaired) electrons. The van der Waals surface area contributed by atoms with Crippen LogP contribution in [0, 0.1) is 5.92 Å². The topological polar surface area (TPSA) is 40.5 Å². The van der Waals surface area contributed by atoms with Gasteiger partial charge in [-0.05, 0) is 43.1 Å². The van der Waals surface area contributed by atoms with Gasteiger partial charge in [-0.2, -0.15) is 0 Å². The summed E-state index contributed by atoms with van der Waals surface area (Å²) in [6.45, 7) is 1.12. The molecule has 2 aliphatic rings. The van der Waals surface area contributed by atoms with Gasteiger partial charge in [0, 0.05) is 11.3 Å². The maximum atomic E-state index is 12.0. The van der Waals surface area contributed by atoms with E-state index in [2.05, 4.69) is 12.1 Å². The van der Waals surface area contributed by atoms with Gasteiger partial charge in [0.2, 0.25) is 5.91 Å². The Morgan fingerprint density at radius 3 is 2.65 bits per heavy atom. The lowest BCUT2D eigenvalue weighted by Gasteiger charge is -2.47. The molecule has 1 saturated carbocycles. The highest BCUT2D eigenvalue weighted by molar-refractivity contribution is 7.99. The number of thioether (sulfide) groups is 1. The van der Waals surface area contributed by atoms with E-state index in [4.69, 9.17) is 0 Å². The molecule has 0 unspecified atom stereocenters. The number of carbonyl (C=O) groups is 1. The molecule has 1 aliphatic heterocycles. The van der Waals surface area contributed by atoms with E-state index < -0.39 is 5.60 Å². The minimum Gasteiger partial charge on any atom is -0.386 e. The highest BCUT2D eigenvalue weighted by atomic mass is 32.2. The van der Waals surface area contributed by atoms with E-state index in [0.29, 0.717) is 25.4 Å². The molecule has 0 spiro atoms. The summed E-state index contributed by atoms with van der Waals surface area (Å²) < 4.78 is 0. The van der Waals surface area contributed by atoms with Crippen LogP contribution in [0.1, 0.15) is 25.7 Å². The molecule has 0 aromatic heterocycles. The van der Waals surface area contributed by atoms with E-state index in [-0.39, 0.29) is 5.91 Å². The SMILES string of the molecule is O=C(CCCSc1ccccc1)N1CC(O)(C2CC2)C1. The van der Waals surface area contributed by atoms with Crippen LogP contribution in [0.25, 0.3) is 0 Å². The van der Waals surface area contributed by atoms with Crippen LogP contribution in [0.15, 0.2) is 35.2 Å². The summed E-state index contributed by atoms with van der Waals surface area (Å²) in [5.41, 5.74) is -0.547. The van der Waals surface area contributed by atoms with E-state index in [9.17, 15) is 9.90 Å². The molecule has 108 valence electrons. The fraction of sp³-hybridized carbons (Fsp3) is 0.562. The number of benzene rings is 1. The third-order valence-electron chi connectivity index (χ3n) is 4.17. The van der Waals surface area contributed by atoms with Crippen molar-refractivity contribution in [3.8, 4) is 0 Å². The number of nitrogens with zero attached hydrogens (tertiary/aromatic N) is 1.